The Balaban J connectivity index is 1.22. The Labute approximate surface area is 205 Å². The SMILES string of the molecule is O=C(CSc1nnc(-c2ccc(Cl)cc2)n1Cc1ccco1)NCC1COc2ccccc2O1. The molecule has 0 fully saturated rings. The highest BCUT2D eigenvalue weighted by Crippen LogP contribution is 2.31. The fourth-order valence-corrected chi connectivity index (χ4v) is 4.38. The minimum atomic E-state index is -0.247. The molecule has 0 radical (unpaired) electrons. The van der Waals surface area contributed by atoms with Gasteiger partial charge >= 0.3 is 0 Å². The number of hydrogen-bond donors (Lipinski definition) is 1. The van der Waals surface area contributed by atoms with Crippen LogP contribution in [0.3, 0.4) is 0 Å². The van der Waals surface area contributed by atoms with Crippen LogP contribution in [0.5, 0.6) is 11.5 Å². The number of halogens is 1. The Morgan fingerprint density at radius 3 is 2.71 bits per heavy atom. The predicted octanol–water partition coefficient (Wildman–Crippen LogP) is 4.29. The van der Waals surface area contributed by atoms with E-state index >= 15 is 0 Å². The molecule has 1 aliphatic heterocycles. The normalized spacial score (nSPS) is 14.7. The molecule has 2 aromatic carbocycles. The summed E-state index contributed by atoms with van der Waals surface area (Å²) in [6.07, 6.45) is 1.38. The Morgan fingerprint density at radius 2 is 1.91 bits per heavy atom. The molecule has 5 rings (SSSR count). The van der Waals surface area contributed by atoms with Crippen LogP contribution in [-0.2, 0) is 11.3 Å². The summed E-state index contributed by atoms with van der Waals surface area (Å²) < 4.78 is 19.0. The van der Waals surface area contributed by atoms with Gasteiger partial charge in [0.05, 0.1) is 25.1 Å². The first kappa shape index (κ1) is 22.4. The molecule has 1 atom stereocenters. The summed E-state index contributed by atoms with van der Waals surface area (Å²) in [4.78, 5) is 12.5. The summed E-state index contributed by atoms with van der Waals surface area (Å²) in [5, 5.41) is 12.8. The summed E-state index contributed by atoms with van der Waals surface area (Å²) in [6, 6.07) is 18.6. The van der Waals surface area contributed by atoms with E-state index < -0.39 is 0 Å². The van der Waals surface area contributed by atoms with Crippen molar-refractivity contribution in [2.24, 2.45) is 0 Å². The van der Waals surface area contributed by atoms with E-state index in [4.69, 9.17) is 25.5 Å². The predicted molar refractivity (Wildman–Crippen MR) is 128 cm³/mol. The van der Waals surface area contributed by atoms with Crippen molar-refractivity contribution in [1.29, 1.82) is 0 Å². The number of carbonyl (C=O) groups excluding carboxylic acids is 1. The molecule has 0 saturated carbocycles. The van der Waals surface area contributed by atoms with Crippen molar-refractivity contribution < 1.29 is 18.7 Å². The molecule has 34 heavy (non-hydrogen) atoms. The molecule has 1 aliphatic rings. The Kier molecular flexibility index (Phi) is 6.73. The van der Waals surface area contributed by atoms with Gasteiger partial charge in [0.25, 0.3) is 0 Å². The molecule has 4 aromatic rings. The van der Waals surface area contributed by atoms with E-state index in [0.29, 0.717) is 47.2 Å². The van der Waals surface area contributed by atoms with Crippen molar-refractivity contribution in [2.45, 2.75) is 17.8 Å². The molecule has 0 saturated heterocycles. The second-order valence-electron chi connectivity index (χ2n) is 7.57. The maximum absolute atomic E-state index is 12.5. The lowest BCUT2D eigenvalue weighted by Crippen LogP contribution is -2.41. The third-order valence-corrected chi connectivity index (χ3v) is 6.36. The number of aromatic nitrogens is 3. The summed E-state index contributed by atoms with van der Waals surface area (Å²) in [5.41, 5.74) is 0.870. The van der Waals surface area contributed by atoms with Gasteiger partial charge in [-0.3, -0.25) is 9.36 Å². The number of nitrogens with zero attached hydrogens (tertiary/aromatic N) is 3. The fourth-order valence-electron chi connectivity index (χ4n) is 3.48. The Bertz CT molecular complexity index is 1260. The molecule has 10 heteroatoms. The van der Waals surface area contributed by atoms with Gasteiger partial charge in [-0.2, -0.15) is 0 Å². The van der Waals surface area contributed by atoms with Gasteiger partial charge in [0.1, 0.15) is 18.5 Å². The van der Waals surface area contributed by atoms with E-state index in [0.717, 1.165) is 11.3 Å². The quantitative estimate of drug-likeness (QED) is 0.364. The number of hydrogen-bond acceptors (Lipinski definition) is 7. The van der Waals surface area contributed by atoms with Crippen molar-refractivity contribution in [3.63, 3.8) is 0 Å². The van der Waals surface area contributed by atoms with Crippen LogP contribution in [0.2, 0.25) is 5.02 Å². The van der Waals surface area contributed by atoms with Crippen LogP contribution in [-0.4, -0.2) is 45.7 Å². The molecule has 0 aliphatic carbocycles. The Hall–Kier alpha value is -3.43. The van der Waals surface area contributed by atoms with Crippen molar-refractivity contribution in [3.05, 3.63) is 77.7 Å². The van der Waals surface area contributed by atoms with Gasteiger partial charge in [0, 0.05) is 10.6 Å². The van der Waals surface area contributed by atoms with Crippen molar-refractivity contribution in [2.75, 3.05) is 18.9 Å². The molecule has 0 spiro atoms. The van der Waals surface area contributed by atoms with Crippen LogP contribution in [0, 0.1) is 0 Å². The molecular formula is C24H21ClN4O4S. The third kappa shape index (κ3) is 5.21. The van der Waals surface area contributed by atoms with Crippen LogP contribution in [0.4, 0.5) is 0 Å². The number of fused-ring (bicyclic) bond motifs is 1. The molecule has 1 amide bonds. The third-order valence-electron chi connectivity index (χ3n) is 5.14. The van der Waals surface area contributed by atoms with Gasteiger partial charge in [-0.25, -0.2) is 0 Å². The molecule has 3 heterocycles. The monoisotopic (exact) mass is 496 g/mol. The molecule has 2 aromatic heterocycles. The number of benzene rings is 2. The van der Waals surface area contributed by atoms with Crippen LogP contribution in [0.15, 0.2) is 76.5 Å². The summed E-state index contributed by atoms with van der Waals surface area (Å²) in [5.74, 6) is 2.88. The number of rotatable bonds is 8. The van der Waals surface area contributed by atoms with E-state index in [2.05, 4.69) is 15.5 Å². The summed E-state index contributed by atoms with van der Waals surface area (Å²) >= 11 is 7.34. The summed E-state index contributed by atoms with van der Waals surface area (Å²) in [7, 11) is 0. The standard InChI is InChI=1S/C24H21ClN4O4S/c25-17-9-7-16(8-10-17)23-27-28-24(29(23)13-18-4-3-11-31-18)34-15-22(30)26-12-19-14-32-20-5-1-2-6-21(20)33-19/h1-11,19H,12-15H2,(H,26,30). The highest BCUT2D eigenvalue weighted by Gasteiger charge is 2.22. The first-order valence-corrected chi connectivity index (χ1v) is 12.0. The van der Waals surface area contributed by atoms with Gasteiger partial charge < -0.3 is 19.2 Å². The summed E-state index contributed by atoms with van der Waals surface area (Å²) in [6.45, 7) is 1.17. The van der Waals surface area contributed by atoms with Gasteiger partial charge in [-0.05, 0) is 48.5 Å². The minimum Gasteiger partial charge on any atom is -0.486 e. The molecule has 8 nitrogen and oxygen atoms in total. The van der Waals surface area contributed by atoms with Gasteiger partial charge in [0.15, 0.2) is 22.5 Å². The minimum absolute atomic E-state index is 0.131. The van der Waals surface area contributed by atoms with E-state index in [1.54, 1.807) is 18.4 Å². The number of thioether (sulfide) groups is 1. The lowest BCUT2D eigenvalue weighted by molar-refractivity contribution is -0.119. The zero-order chi connectivity index (χ0) is 23.3. The van der Waals surface area contributed by atoms with Gasteiger partial charge in [-0.1, -0.05) is 35.5 Å². The van der Waals surface area contributed by atoms with Crippen LogP contribution >= 0.6 is 23.4 Å². The number of ether oxygens (including phenoxy) is 2. The van der Waals surface area contributed by atoms with Crippen molar-refractivity contribution >= 4 is 29.3 Å². The van der Waals surface area contributed by atoms with Gasteiger partial charge in [-0.15, -0.1) is 10.2 Å². The largest absolute Gasteiger partial charge is 0.486 e. The lowest BCUT2D eigenvalue weighted by atomic mass is 10.2. The van der Waals surface area contributed by atoms with E-state index in [-0.39, 0.29) is 17.8 Å². The van der Waals surface area contributed by atoms with Crippen LogP contribution in [0.1, 0.15) is 5.76 Å². The lowest BCUT2D eigenvalue weighted by Gasteiger charge is -2.26. The molecule has 1 N–H and O–H groups in total. The number of carbonyl (C=O) groups is 1. The molecular weight excluding hydrogens is 476 g/mol. The second-order valence-corrected chi connectivity index (χ2v) is 8.95. The van der Waals surface area contributed by atoms with Crippen LogP contribution in [0.25, 0.3) is 11.4 Å². The Morgan fingerprint density at radius 1 is 1.09 bits per heavy atom. The van der Waals surface area contributed by atoms with Crippen molar-refractivity contribution in [1.82, 2.24) is 20.1 Å². The molecule has 0 bridgehead atoms. The highest BCUT2D eigenvalue weighted by atomic mass is 35.5. The first-order valence-electron chi connectivity index (χ1n) is 10.7. The smallest absolute Gasteiger partial charge is 0.230 e. The zero-order valence-corrected chi connectivity index (χ0v) is 19.6. The van der Waals surface area contributed by atoms with E-state index in [9.17, 15) is 4.79 Å². The van der Waals surface area contributed by atoms with Crippen LogP contribution < -0.4 is 14.8 Å². The average Bonchev–Trinajstić information content (AvgIpc) is 3.52. The molecule has 1 unspecified atom stereocenters. The average molecular weight is 497 g/mol. The van der Waals surface area contributed by atoms with Crippen molar-refractivity contribution in [3.8, 4) is 22.9 Å². The second kappa shape index (κ2) is 10.2. The number of furan rings is 1. The molecule has 174 valence electrons. The van der Waals surface area contributed by atoms with E-state index in [1.165, 1.54) is 11.8 Å². The fraction of sp³-hybridized carbons (Fsp3) is 0.208. The first-order chi connectivity index (χ1) is 16.7. The highest BCUT2D eigenvalue weighted by molar-refractivity contribution is 7.99. The number of para-hydroxylation sites is 2. The maximum Gasteiger partial charge on any atom is 0.230 e. The number of nitrogens with one attached hydrogen (secondary N) is 1. The number of amides is 1. The van der Waals surface area contributed by atoms with E-state index in [1.807, 2.05) is 53.1 Å². The van der Waals surface area contributed by atoms with Gasteiger partial charge in [0.2, 0.25) is 5.91 Å². The zero-order valence-electron chi connectivity index (χ0n) is 18.0. The maximum atomic E-state index is 12.5. The topological polar surface area (TPSA) is 91.4 Å².